The first kappa shape index (κ1) is 18.6. The van der Waals surface area contributed by atoms with Crippen molar-refractivity contribution in [3.63, 3.8) is 0 Å². The maximum absolute atomic E-state index is 12.5. The SMILES string of the molecule is CC(=O)N(CCCc1ccccc1)CC(=O)Nc1cccc2cccnc12. The fourth-order valence-electron chi connectivity index (χ4n) is 3.03. The summed E-state index contributed by atoms with van der Waals surface area (Å²) >= 11 is 0. The second kappa shape index (κ2) is 8.94. The van der Waals surface area contributed by atoms with E-state index in [1.807, 2.05) is 48.5 Å². The molecule has 3 rings (SSSR count). The van der Waals surface area contributed by atoms with Gasteiger partial charge in [-0.3, -0.25) is 14.6 Å². The number of para-hydroxylation sites is 1. The lowest BCUT2D eigenvalue weighted by atomic mass is 10.1. The summed E-state index contributed by atoms with van der Waals surface area (Å²) < 4.78 is 0. The van der Waals surface area contributed by atoms with Gasteiger partial charge in [0.05, 0.1) is 17.7 Å². The molecule has 1 heterocycles. The van der Waals surface area contributed by atoms with Crippen molar-refractivity contribution in [1.82, 2.24) is 9.88 Å². The van der Waals surface area contributed by atoms with Gasteiger partial charge in [0.15, 0.2) is 0 Å². The van der Waals surface area contributed by atoms with Crippen molar-refractivity contribution in [3.8, 4) is 0 Å². The second-order valence-electron chi connectivity index (χ2n) is 6.46. The first-order chi connectivity index (χ1) is 13.1. The Bertz CT molecular complexity index is 920. The Kier molecular flexibility index (Phi) is 6.15. The number of aryl methyl sites for hydroxylation is 1. The highest BCUT2D eigenvalue weighted by atomic mass is 16.2. The summed E-state index contributed by atoms with van der Waals surface area (Å²) in [6.45, 7) is 2.08. The number of carbonyl (C=O) groups excluding carboxylic acids is 2. The van der Waals surface area contributed by atoms with Gasteiger partial charge in [0.1, 0.15) is 0 Å². The molecule has 2 aromatic carbocycles. The molecule has 0 saturated carbocycles. The van der Waals surface area contributed by atoms with Crippen LogP contribution in [0.1, 0.15) is 18.9 Å². The van der Waals surface area contributed by atoms with Gasteiger partial charge in [-0.05, 0) is 30.5 Å². The number of amides is 2. The van der Waals surface area contributed by atoms with Gasteiger partial charge in [-0.1, -0.05) is 48.5 Å². The quantitative estimate of drug-likeness (QED) is 0.699. The minimum atomic E-state index is -0.219. The highest BCUT2D eigenvalue weighted by molar-refractivity contribution is 6.01. The number of hydrogen-bond donors (Lipinski definition) is 1. The van der Waals surface area contributed by atoms with Crippen molar-refractivity contribution in [1.29, 1.82) is 0 Å². The van der Waals surface area contributed by atoms with Gasteiger partial charge in [-0.15, -0.1) is 0 Å². The third-order valence-electron chi connectivity index (χ3n) is 4.42. The summed E-state index contributed by atoms with van der Waals surface area (Å²) in [6, 6.07) is 19.6. The molecule has 0 atom stereocenters. The van der Waals surface area contributed by atoms with Crippen LogP contribution in [0.4, 0.5) is 5.69 Å². The Morgan fingerprint density at radius 3 is 2.56 bits per heavy atom. The molecule has 5 heteroatoms. The van der Waals surface area contributed by atoms with E-state index in [0.717, 1.165) is 23.7 Å². The number of hydrogen-bond acceptors (Lipinski definition) is 3. The zero-order chi connectivity index (χ0) is 19.1. The van der Waals surface area contributed by atoms with Gasteiger partial charge in [0, 0.05) is 25.1 Å². The summed E-state index contributed by atoms with van der Waals surface area (Å²) in [5.41, 5.74) is 2.63. The van der Waals surface area contributed by atoms with Crippen molar-refractivity contribution < 1.29 is 9.59 Å². The normalized spacial score (nSPS) is 10.6. The molecule has 3 aromatic rings. The van der Waals surface area contributed by atoms with Crippen LogP contribution in [-0.2, 0) is 16.0 Å². The van der Waals surface area contributed by atoms with Crippen LogP contribution in [0.25, 0.3) is 10.9 Å². The number of rotatable bonds is 7. The predicted molar refractivity (Wildman–Crippen MR) is 107 cm³/mol. The van der Waals surface area contributed by atoms with Crippen molar-refractivity contribution in [3.05, 3.63) is 72.4 Å². The Balaban J connectivity index is 1.59. The van der Waals surface area contributed by atoms with Crippen LogP contribution in [-0.4, -0.2) is 34.8 Å². The van der Waals surface area contributed by atoms with Crippen LogP contribution < -0.4 is 5.32 Å². The summed E-state index contributed by atoms with van der Waals surface area (Å²) in [6.07, 6.45) is 3.38. The van der Waals surface area contributed by atoms with E-state index in [2.05, 4.69) is 22.4 Å². The van der Waals surface area contributed by atoms with Crippen molar-refractivity contribution >= 4 is 28.4 Å². The molecule has 0 unspecified atom stereocenters. The lowest BCUT2D eigenvalue weighted by molar-refractivity contribution is -0.132. The molecule has 0 saturated heterocycles. The van der Waals surface area contributed by atoms with E-state index in [4.69, 9.17) is 0 Å². The molecule has 0 radical (unpaired) electrons. The van der Waals surface area contributed by atoms with Crippen LogP contribution in [0.5, 0.6) is 0 Å². The minimum Gasteiger partial charge on any atom is -0.334 e. The Morgan fingerprint density at radius 1 is 1.00 bits per heavy atom. The van der Waals surface area contributed by atoms with Crippen molar-refractivity contribution in [2.45, 2.75) is 19.8 Å². The first-order valence-electron chi connectivity index (χ1n) is 9.06. The number of fused-ring (bicyclic) bond motifs is 1. The number of pyridine rings is 1. The highest BCUT2D eigenvalue weighted by Crippen LogP contribution is 2.20. The molecular formula is C22H23N3O2. The maximum Gasteiger partial charge on any atom is 0.244 e. The van der Waals surface area contributed by atoms with E-state index in [-0.39, 0.29) is 18.4 Å². The summed E-state index contributed by atoms with van der Waals surface area (Å²) in [5.74, 6) is -0.322. The second-order valence-corrected chi connectivity index (χ2v) is 6.46. The number of nitrogens with zero attached hydrogens (tertiary/aromatic N) is 2. The van der Waals surface area contributed by atoms with Gasteiger partial charge < -0.3 is 10.2 Å². The largest absolute Gasteiger partial charge is 0.334 e. The zero-order valence-electron chi connectivity index (χ0n) is 15.4. The Labute approximate surface area is 159 Å². The van der Waals surface area contributed by atoms with Gasteiger partial charge in [0.25, 0.3) is 0 Å². The predicted octanol–water partition coefficient (Wildman–Crippen LogP) is 3.65. The van der Waals surface area contributed by atoms with Gasteiger partial charge in [0.2, 0.25) is 11.8 Å². The molecule has 5 nitrogen and oxygen atoms in total. The summed E-state index contributed by atoms with van der Waals surface area (Å²) in [5, 5.41) is 3.84. The van der Waals surface area contributed by atoms with Crippen LogP contribution in [0, 0.1) is 0 Å². The molecule has 1 N–H and O–H groups in total. The fraction of sp³-hybridized carbons (Fsp3) is 0.227. The highest BCUT2D eigenvalue weighted by Gasteiger charge is 2.14. The zero-order valence-corrected chi connectivity index (χ0v) is 15.4. The van der Waals surface area contributed by atoms with E-state index in [1.54, 1.807) is 11.1 Å². The monoisotopic (exact) mass is 361 g/mol. The maximum atomic E-state index is 12.5. The van der Waals surface area contributed by atoms with Crippen LogP contribution in [0.3, 0.4) is 0 Å². The molecule has 0 fully saturated rings. The van der Waals surface area contributed by atoms with Gasteiger partial charge in [-0.25, -0.2) is 0 Å². The molecule has 138 valence electrons. The fourth-order valence-corrected chi connectivity index (χ4v) is 3.03. The van der Waals surface area contributed by atoms with Gasteiger partial charge >= 0.3 is 0 Å². The van der Waals surface area contributed by atoms with Gasteiger partial charge in [-0.2, -0.15) is 0 Å². The molecule has 2 amide bonds. The van der Waals surface area contributed by atoms with Crippen LogP contribution in [0.2, 0.25) is 0 Å². The lowest BCUT2D eigenvalue weighted by Crippen LogP contribution is -2.37. The molecule has 0 aliphatic heterocycles. The lowest BCUT2D eigenvalue weighted by Gasteiger charge is -2.20. The topological polar surface area (TPSA) is 62.3 Å². The van der Waals surface area contributed by atoms with E-state index >= 15 is 0 Å². The molecule has 1 aromatic heterocycles. The smallest absolute Gasteiger partial charge is 0.244 e. The number of nitrogens with one attached hydrogen (secondary N) is 1. The minimum absolute atomic E-state index is 0.0351. The molecule has 0 aliphatic carbocycles. The molecule has 0 aliphatic rings. The molecule has 0 spiro atoms. The van der Waals surface area contributed by atoms with Crippen LogP contribution in [0.15, 0.2) is 66.9 Å². The van der Waals surface area contributed by atoms with E-state index < -0.39 is 0 Å². The third-order valence-corrected chi connectivity index (χ3v) is 4.42. The van der Waals surface area contributed by atoms with E-state index in [9.17, 15) is 9.59 Å². The summed E-state index contributed by atoms with van der Waals surface area (Å²) in [4.78, 5) is 30.3. The number of benzene rings is 2. The Hall–Kier alpha value is -3.21. The van der Waals surface area contributed by atoms with Crippen molar-refractivity contribution in [2.24, 2.45) is 0 Å². The summed E-state index contributed by atoms with van der Waals surface area (Å²) in [7, 11) is 0. The average Bonchev–Trinajstić information content (AvgIpc) is 2.68. The van der Waals surface area contributed by atoms with Crippen LogP contribution >= 0.6 is 0 Å². The number of anilines is 1. The first-order valence-corrected chi connectivity index (χ1v) is 9.06. The standard InChI is InChI=1S/C22H23N3O2/c1-17(26)25(15-7-10-18-8-3-2-4-9-18)16-21(27)24-20-13-5-11-19-12-6-14-23-22(19)20/h2-6,8-9,11-14H,7,10,15-16H2,1H3,(H,24,27). The number of aromatic nitrogens is 1. The molecular weight excluding hydrogens is 338 g/mol. The number of carbonyl (C=O) groups is 2. The Morgan fingerprint density at radius 2 is 1.78 bits per heavy atom. The third kappa shape index (κ3) is 5.14. The van der Waals surface area contributed by atoms with E-state index in [0.29, 0.717) is 12.2 Å². The molecule has 27 heavy (non-hydrogen) atoms. The van der Waals surface area contributed by atoms with E-state index in [1.165, 1.54) is 12.5 Å². The molecule has 0 bridgehead atoms. The van der Waals surface area contributed by atoms with Crippen molar-refractivity contribution in [2.75, 3.05) is 18.4 Å². The average molecular weight is 361 g/mol.